The molecular formula is C21H18FN7O4S. The lowest BCUT2D eigenvalue weighted by atomic mass is 10.1. The van der Waals surface area contributed by atoms with Gasteiger partial charge in [-0.2, -0.15) is 10.4 Å². The Morgan fingerprint density at radius 3 is 2.44 bits per heavy atom. The summed E-state index contributed by atoms with van der Waals surface area (Å²) in [5.74, 6) is -0.318. The molecule has 0 unspecified atom stereocenters. The molecule has 4 aromatic rings. The van der Waals surface area contributed by atoms with E-state index < -0.39 is 27.0 Å². The van der Waals surface area contributed by atoms with Gasteiger partial charge in [-0.25, -0.2) is 22.2 Å². The zero-order chi connectivity index (χ0) is 24.5. The van der Waals surface area contributed by atoms with Gasteiger partial charge in [-0.1, -0.05) is 0 Å². The van der Waals surface area contributed by atoms with Crippen LogP contribution in [0, 0.1) is 17.1 Å². The van der Waals surface area contributed by atoms with Gasteiger partial charge >= 0.3 is 11.1 Å². The van der Waals surface area contributed by atoms with Crippen LogP contribution in [-0.2, 0) is 16.4 Å². The average Bonchev–Trinajstić information content (AvgIpc) is 3.12. The highest BCUT2D eigenvalue weighted by Crippen LogP contribution is 2.22. The molecule has 0 saturated heterocycles. The van der Waals surface area contributed by atoms with Crippen molar-refractivity contribution in [2.45, 2.75) is 17.7 Å². The summed E-state index contributed by atoms with van der Waals surface area (Å²) in [4.78, 5) is 27.5. The van der Waals surface area contributed by atoms with E-state index in [1.807, 2.05) is 6.07 Å². The van der Waals surface area contributed by atoms with Gasteiger partial charge in [0.15, 0.2) is 0 Å². The van der Waals surface area contributed by atoms with E-state index >= 15 is 0 Å². The Morgan fingerprint density at radius 1 is 1.09 bits per heavy atom. The van der Waals surface area contributed by atoms with Crippen LogP contribution >= 0.6 is 0 Å². The molecule has 0 fully saturated rings. The summed E-state index contributed by atoms with van der Waals surface area (Å²) in [5.41, 5.74) is 5.81. The molecule has 0 aliphatic heterocycles. The Kier molecular flexibility index (Phi) is 6.01. The number of benzene rings is 2. The smallest absolute Gasteiger partial charge is 0.314 e. The third-order valence-electron chi connectivity index (χ3n) is 5.06. The number of anilines is 1. The van der Waals surface area contributed by atoms with Crippen LogP contribution in [0.15, 0.2) is 56.9 Å². The van der Waals surface area contributed by atoms with Gasteiger partial charge in [0.25, 0.3) is 0 Å². The van der Waals surface area contributed by atoms with Crippen LogP contribution < -0.4 is 21.6 Å². The molecular weight excluding hydrogens is 465 g/mol. The molecule has 0 bridgehead atoms. The lowest BCUT2D eigenvalue weighted by molar-refractivity contribution is 0.578. The number of halogens is 1. The molecule has 0 spiro atoms. The second-order valence-corrected chi connectivity index (χ2v) is 9.09. The molecule has 11 nitrogen and oxygen atoms in total. The van der Waals surface area contributed by atoms with E-state index in [2.05, 4.69) is 19.8 Å². The van der Waals surface area contributed by atoms with E-state index in [4.69, 9.17) is 5.73 Å². The number of nitrogens with one attached hydrogen (secondary N) is 3. The Bertz CT molecular complexity index is 1650. The molecule has 0 saturated carbocycles. The summed E-state index contributed by atoms with van der Waals surface area (Å²) in [6.07, 6.45) is 0.571. The topological polar surface area (TPSA) is 180 Å². The predicted molar refractivity (Wildman–Crippen MR) is 121 cm³/mol. The van der Waals surface area contributed by atoms with Gasteiger partial charge in [0.1, 0.15) is 23.3 Å². The minimum Gasteiger partial charge on any atom is -0.382 e. The first-order valence-electron chi connectivity index (χ1n) is 9.99. The fourth-order valence-corrected chi connectivity index (χ4v) is 4.46. The predicted octanol–water partition coefficient (Wildman–Crippen LogP) is 0.906. The van der Waals surface area contributed by atoms with Crippen LogP contribution in [0.5, 0.6) is 0 Å². The molecule has 0 aliphatic carbocycles. The lowest BCUT2D eigenvalue weighted by Gasteiger charge is -2.07. The van der Waals surface area contributed by atoms with Crippen LogP contribution in [-0.4, -0.2) is 34.7 Å². The van der Waals surface area contributed by atoms with Gasteiger partial charge < -0.3 is 15.7 Å². The Hall–Kier alpha value is -4.28. The molecule has 0 atom stereocenters. The number of nitrogens with two attached hydrogens (primary N) is 1. The van der Waals surface area contributed by atoms with Crippen molar-refractivity contribution in [2.24, 2.45) is 0 Å². The van der Waals surface area contributed by atoms with Crippen LogP contribution in [0.1, 0.15) is 17.7 Å². The third kappa shape index (κ3) is 4.45. The van der Waals surface area contributed by atoms with Crippen LogP contribution in [0.25, 0.3) is 16.7 Å². The highest BCUT2D eigenvalue weighted by atomic mass is 32.2. The van der Waals surface area contributed by atoms with E-state index in [1.54, 1.807) is 0 Å². The number of hydrogen-bond acceptors (Lipinski definition) is 7. The van der Waals surface area contributed by atoms with E-state index in [9.17, 15) is 27.7 Å². The molecule has 2 aromatic heterocycles. The first kappa shape index (κ1) is 22.9. The molecule has 2 aromatic carbocycles. The molecule has 174 valence electrons. The van der Waals surface area contributed by atoms with Crippen LogP contribution in [0.4, 0.5) is 10.2 Å². The number of aromatic nitrogens is 4. The highest BCUT2D eigenvalue weighted by Gasteiger charge is 2.18. The molecule has 5 N–H and O–H groups in total. The SMILES string of the molecule is N#Cc1c(CCCNS(=O)(=O)c2ccc3[nH]c(=O)c(=O)[nH]c3c2)nn(-c2ccc(F)cc2)c1N. The quantitative estimate of drug-likeness (QED) is 0.223. The zero-order valence-corrected chi connectivity index (χ0v) is 18.3. The molecule has 4 rings (SSSR count). The number of fused-ring (bicyclic) bond motifs is 1. The van der Waals surface area contributed by atoms with Gasteiger partial charge in [-0.3, -0.25) is 9.59 Å². The normalized spacial score (nSPS) is 11.5. The first-order chi connectivity index (χ1) is 16.2. The number of H-pyrrole nitrogens is 2. The van der Waals surface area contributed by atoms with Gasteiger partial charge in [0, 0.05) is 6.54 Å². The fourth-order valence-electron chi connectivity index (χ4n) is 3.36. The molecule has 13 heteroatoms. The number of hydrogen-bond donors (Lipinski definition) is 4. The fraction of sp³-hybridized carbons (Fsp3) is 0.143. The summed E-state index contributed by atoms with van der Waals surface area (Å²) in [5, 5.41) is 13.8. The maximum atomic E-state index is 13.2. The maximum Gasteiger partial charge on any atom is 0.314 e. The molecule has 2 heterocycles. The summed E-state index contributed by atoms with van der Waals surface area (Å²) >= 11 is 0. The molecule has 0 aliphatic rings. The van der Waals surface area contributed by atoms with Crippen molar-refractivity contribution in [1.29, 1.82) is 5.26 Å². The van der Waals surface area contributed by atoms with Crippen LogP contribution in [0.2, 0.25) is 0 Å². The summed E-state index contributed by atoms with van der Waals surface area (Å²) in [7, 11) is -3.91. The second-order valence-electron chi connectivity index (χ2n) is 7.32. The number of sulfonamides is 1. The van der Waals surface area contributed by atoms with Crippen molar-refractivity contribution < 1.29 is 12.8 Å². The summed E-state index contributed by atoms with van der Waals surface area (Å²) < 4.78 is 42.2. The Balaban J connectivity index is 1.46. The number of nitrogen functional groups attached to an aromatic ring is 1. The monoisotopic (exact) mass is 483 g/mol. The van der Waals surface area contributed by atoms with E-state index in [0.717, 1.165) is 0 Å². The molecule has 34 heavy (non-hydrogen) atoms. The van der Waals surface area contributed by atoms with Crippen molar-refractivity contribution >= 4 is 26.9 Å². The number of aromatic amines is 2. The van der Waals surface area contributed by atoms with Crippen molar-refractivity contribution in [2.75, 3.05) is 12.3 Å². The second kappa shape index (κ2) is 8.93. The highest BCUT2D eigenvalue weighted by molar-refractivity contribution is 7.89. The minimum absolute atomic E-state index is 0.0384. The van der Waals surface area contributed by atoms with Gasteiger partial charge in [0.2, 0.25) is 10.0 Å². The summed E-state index contributed by atoms with van der Waals surface area (Å²) in [6, 6.07) is 11.4. The third-order valence-corrected chi connectivity index (χ3v) is 6.52. The van der Waals surface area contributed by atoms with Gasteiger partial charge in [0.05, 0.1) is 27.3 Å². The van der Waals surface area contributed by atoms with E-state index in [-0.39, 0.29) is 34.8 Å². The Morgan fingerprint density at radius 2 is 1.76 bits per heavy atom. The van der Waals surface area contributed by atoms with E-state index in [0.29, 0.717) is 23.3 Å². The van der Waals surface area contributed by atoms with Gasteiger partial charge in [-0.15, -0.1) is 0 Å². The number of aryl methyl sites for hydroxylation is 1. The molecule has 0 amide bonds. The van der Waals surface area contributed by atoms with Crippen LogP contribution in [0.3, 0.4) is 0 Å². The largest absolute Gasteiger partial charge is 0.382 e. The average molecular weight is 483 g/mol. The van der Waals surface area contributed by atoms with E-state index in [1.165, 1.54) is 47.1 Å². The number of nitrogens with zero attached hydrogens (tertiary/aromatic N) is 3. The number of nitriles is 1. The summed E-state index contributed by atoms with van der Waals surface area (Å²) in [6.45, 7) is 0.0384. The Labute approximate surface area is 191 Å². The van der Waals surface area contributed by atoms with Crippen molar-refractivity contribution in [3.05, 3.63) is 80.2 Å². The standard InChI is InChI=1S/C21H18FN7O4S/c22-12-3-5-13(6-4-12)29-19(24)15(11-23)16(28-29)2-1-9-25-34(32,33)14-7-8-17-18(10-14)27-21(31)20(30)26-17/h3-8,10,25H,1-2,9,24H2,(H,26,30)(H,27,31). The first-order valence-corrected chi connectivity index (χ1v) is 11.5. The minimum atomic E-state index is -3.91. The van der Waals surface area contributed by atoms with Crippen molar-refractivity contribution in [3.63, 3.8) is 0 Å². The van der Waals surface area contributed by atoms with Crippen molar-refractivity contribution in [1.82, 2.24) is 24.5 Å². The molecule has 0 radical (unpaired) electrons. The van der Waals surface area contributed by atoms with Gasteiger partial charge in [-0.05, 0) is 55.3 Å². The lowest BCUT2D eigenvalue weighted by Crippen LogP contribution is -2.29. The number of rotatable bonds is 7. The zero-order valence-electron chi connectivity index (χ0n) is 17.5. The van der Waals surface area contributed by atoms with Crippen molar-refractivity contribution in [3.8, 4) is 11.8 Å². The maximum absolute atomic E-state index is 13.2.